The summed E-state index contributed by atoms with van der Waals surface area (Å²) in [6, 6.07) is 11.1. The molecule has 0 amide bonds. The van der Waals surface area contributed by atoms with E-state index >= 15 is 0 Å². The zero-order chi connectivity index (χ0) is 12.4. The van der Waals surface area contributed by atoms with Crippen molar-refractivity contribution in [1.82, 2.24) is 0 Å². The summed E-state index contributed by atoms with van der Waals surface area (Å²) in [5.74, 6) is 1.58. The van der Waals surface area contributed by atoms with Gasteiger partial charge in [-0.3, -0.25) is 0 Å². The lowest BCUT2D eigenvalue weighted by atomic mass is 10.1. The van der Waals surface area contributed by atoms with Crippen molar-refractivity contribution >= 4 is 17.3 Å². The standard InChI is InChI=1S/C14H14ClNO/c1-9-8-14(10(2)7-13(9)16)17-12-5-3-11(15)4-6-12/h3-8H,16H2,1-2H3. The van der Waals surface area contributed by atoms with Gasteiger partial charge in [0.15, 0.2) is 0 Å². The third kappa shape index (κ3) is 2.71. The molecule has 0 heterocycles. The van der Waals surface area contributed by atoms with E-state index in [9.17, 15) is 0 Å². The van der Waals surface area contributed by atoms with E-state index < -0.39 is 0 Å². The van der Waals surface area contributed by atoms with Gasteiger partial charge in [0.2, 0.25) is 0 Å². The van der Waals surface area contributed by atoms with E-state index in [-0.39, 0.29) is 0 Å². The summed E-state index contributed by atoms with van der Waals surface area (Å²) in [5, 5.41) is 0.697. The molecule has 0 aliphatic rings. The molecule has 0 bridgehead atoms. The number of hydrogen-bond donors (Lipinski definition) is 1. The molecule has 0 atom stereocenters. The molecule has 0 aromatic heterocycles. The molecule has 2 rings (SSSR count). The Bertz CT molecular complexity index is 535. The van der Waals surface area contributed by atoms with Crippen molar-refractivity contribution in [2.75, 3.05) is 5.73 Å². The van der Waals surface area contributed by atoms with Crippen molar-refractivity contribution in [2.45, 2.75) is 13.8 Å². The second kappa shape index (κ2) is 4.68. The van der Waals surface area contributed by atoms with Crippen LogP contribution in [0.3, 0.4) is 0 Å². The molecule has 0 saturated heterocycles. The normalized spacial score (nSPS) is 10.3. The van der Waals surface area contributed by atoms with Gasteiger partial charge in [-0.05, 0) is 61.4 Å². The van der Waals surface area contributed by atoms with Crippen molar-refractivity contribution in [3.63, 3.8) is 0 Å². The minimum atomic E-state index is 0.697. The van der Waals surface area contributed by atoms with Gasteiger partial charge in [0.1, 0.15) is 11.5 Å². The fourth-order valence-electron chi connectivity index (χ4n) is 1.55. The summed E-state index contributed by atoms with van der Waals surface area (Å²) in [4.78, 5) is 0. The predicted octanol–water partition coefficient (Wildman–Crippen LogP) is 4.33. The van der Waals surface area contributed by atoms with Gasteiger partial charge in [-0.15, -0.1) is 0 Å². The average molecular weight is 248 g/mol. The predicted molar refractivity (Wildman–Crippen MR) is 71.9 cm³/mol. The fraction of sp³-hybridized carbons (Fsp3) is 0.143. The van der Waals surface area contributed by atoms with Gasteiger partial charge in [-0.25, -0.2) is 0 Å². The molecule has 0 radical (unpaired) electrons. The van der Waals surface area contributed by atoms with Gasteiger partial charge in [-0.2, -0.15) is 0 Å². The molecule has 2 aromatic carbocycles. The van der Waals surface area contributed by atoms with Crippen LogP contribution in [0.5, 0.6) is 11.5 Å². The minimum Gasteiger partial charge on any atom is -0.457 e. The summed E-state index contributed by atoms with van der Waals surface area (Å²) in [6.07, 6.45) is 0. The van der Waals surface area contributed by atoms with Crippen molar-refractivity contribution in [1.29, 1.82) is 0 Å². The third-order valence-corrected chi connectivity index (χ3v) is 2.86. The Labute approximate surface area is 106 Å². The number of nitrogen functional groups attached to an aromatic ring is 1. The maximum Gasteiger partial charge on any atom is 0.130 e. The number of anilines is 1. The third-order valence-electron chi connectivity index (χ3n) is 2.61. The SMILES string of the molecule is Cc1cc(Oc2ccc(Cl)cc2)c(C)cc1N. The molecule has 0 spiro atoms. The highest BCUT2D eigenvalue weighted by atomic mass is 35.5. The first-order valence-corrected chi connectivity index (χ1v) is 5.74. The summed E-state index contributed by atoms with van der Waals surface area (Å²) < 4.78 is 5.79. The monoisotopic (exact) mass is 247 g/mol. The topological polar surface area (TPSA) is 35.2 Å². The molecule has 0 aliphatic heterocycles. The lowest BCUT2D eigenvalue weighted by Crippen LogP contribution is -1.94. The first-order valence-electron chi connectivity index (χ1n) is 5.36. The molecule has 3 heteroatoms. The van der Waals surface area contributed by atoms with Gasteiger partial charge in [0.25, 0.3) is 0 Å². The van der Waals surface area contributed by atoms with Crippen molar-refractivity contribution in [3.8, 4) is 11.5 Å². The number of rotatable bonds is 2. The maximum atomic E-state index is 5.83. The highest BCUT2D eigenvalue weighted by Gasteiger charge is 2.04. The number of ether oxygens (including phenoxy) is 1. The lowest BCUT2D eigenvalue weighted by Gasteiger charge is -2.11. The lowest BCUT2D eigenvalue weighted by molar-refractivity contribution is 0.478. The summed E-state index contributed by atoms with van der Waals surface area (Å²) >= 11 is 5.82. The van der Waals surface area contributed by atoms with E-state index in [1.54, 1.807) is 12.1 Å². The summed E-state index contributed by atoms with van der Waals surface area (Å²) in [7, 11) is 0. The zero-order valence-electron chi connectivity index (χ0n) is 9.83. The van der Waals surface area contributed by atoms with Crippen LogP contribution in [0.4, 0.5) is 5.69 Å². The number of hydrogen-bond acceptors (Lipinski definition) is 2. The molecular weight excluding hydrogens is 234 g/mol. The Morgan fingerprint density at radius 1 is 1.00 bits per heavy atom. The van der Waals surface area contributed by atoms with Gasteiger partial charge < -0.3 is 10.5 Å². The summed E-state index contributed by atoms with van der Waals surface area (Å²) in [5.41, 5.74) is 8.64. The quantitative estimate of drug-likeness (QED) is 0.802. The maximum absolute atomic E-state index is 5.83. The minimum absolute atomic E-state index is 0.697. The molecular formula is C14H14ClNO. The van der Waals surface area contributed by atoms with Gasteiger partial charge in [-0.1, -0.05) is 11.6 Å². The van der Waals surface area contributed by atoms with Crippen LogP contribution in [0.2, 0.25) is 5.02 Å². The van der Waals surface area contributed by atoms with Gasteiger partial charge >= 0.3 is 0 Å². The van der Waals surface area contributed by atoms with Crippen molar-refractivity contribution in [3.05, 3.63) is 52.5 Å². The number of benzene rings is 2. The molecule has 88 valence electrons. The van der Waals surface area contributed by atoms with Crippen LogP contribution in [0.1, 0.15) is 11.1 Å². The van der Waals surface area contributed by atoms with Crippen LogP contribution in [0.15, 0.2) is 36.4 Å². The molecule has 0 unspecified atom stereocenters. The Morgan fingerprint density at radius 3 is 2.29 bits per heavy atom. The largest absolute Gasteiger partial charge is 0.457 e. The number of halogens is 1. The van der Waals surface area contributed by atoms with Crippen LogP contribution in [0.25, 0.3) is 0 Å². The highest BCUT2D eigenvalue weighted by Crippen LogP contribution is 2.29. The number of aryl methyl sites for hydroxylation is 2. The number of nitrogens with two attached hydrogens (primary N) is 1. The molecule has 2 nitrogen and oxygen atoms in total. The Hall–Kier alpha value is -1.67. The van der Waals surface area contributed by atoms with E-state index in [0.717, 1.165) is 28.3 Å². The van der Waals surface area contributed by atoms with E-state index in [1.807, 2.05) is 38.1 Å². The first-order chi connectivity index (χ1) is 8.06. The second-order valence-corrected chi connectivity index (χ2v) is 4.47. The molecule has 17 heavy (non-hydrogen) atoms. The first kappa shape index (κ1) is 11.8. The Balaban J connectivity index is 2.30. The van der Waals surface area contributed by atoms with E-state index in [4.69, 9.17) is 22.1 Å². The molecule has 0 fully saturated rings. The van der Waals surface area contributed by atoms with Crippen LogP contribution in [-0.4, -0.2) is 0 Å². The van der Waals surface area contributed by atoms with Gasteiger partial charge in [0.05, 0.1) is 0 Å². The zero-order valence-corrected chi connectivity index (χ0v) is 10.6. The molecule has 2 N–H and O–H groups in total. The smallest absolute Gasteiger partial charge is 0.130 e. The van der Waals surface area contributed by atoms with Crippen LogP contribution in [0, 0.1) is 13.8 Å². The average Bonchev–Trinajstić information content (AvgIpc) is 2.29. The van der Waals surface area contributed by atoms with Crippen molar-refractivity contribution < 1.29 is 4.74 Å². The highest BCUT2D eigenvalue weighted by molar-refractivity contribution is 6.30. The Morgan fingerprint density at radius 2 is 1.65 bits per heavy atom. The van der Waals surface area contributed by atoms with E-state index in [1.165, 1.54) is 0 Å². The van der Waals surface area contributed by atoms with Gasteiger partial charge in [0, 0.05) is 10.7 Å². The van der Waals surface area contributed by atoms with Crippen LogP contribution in [-0.2, 0) is 0 Å². The molecule has 2 aromatic rings. The fourth-order valence-corrected chi connectivity index (χ4v) is 1.68. The second-order valence-electron chi connectivity index (χ2n) is 4.03. The molecule has 0 aliphatic carbocycles. The molecule has 0 saturated carbocycles. The van der Waals surface area contributed by atoms with Crippen LogP contribution < -0.4 is 10.5 Å². The van der Waals surface area contributed by atoms with E-state index in [2.05, 4.69) is 0 Å². The van der Waals surface area contributed by atoms with E-state index in [0.29, 0.717) is 5.02 Å². The van der Waals surface area contributed by atoms with Crippen molar-refractivity contribution in [2.24, 2.45) is 0 Å². The summed E-state index contributed by atoms with van der Waals surface area (Å²) in [6.45, 7) is 3.94. The van der Waals surface area contributed by atoms with Crippen LogP contribution >= 0.6 is 11.6 Å². The Kier molecular flexibility index (Phi) is 3.25.